The molecule has 7 heteroatoms. The fourth-order valence-electron chi connectivity index (χ4n) is 4.56. The number of amides is 2. The van der Waals surface area contributed by atoms with Crippen molar-refractivity contribution in [2.24, 2.45) is 0 Å². The zero-order valence-electron chi connectivity index (χ0n) is 15.9. The fourth-order valence-corrected chi connectivity index (χ4v) is 4.89. The quantitative estimate of drug-likeness (QED) is 0.596. The summed E-state index contributed by atoms with van der Waals surface area (Å²) in [4.78, 5) is 34.6. The third-order valence-electron chi connectivity index (χ3n) is 5.92. The van der Waals surface area contributed by atoms with Gasteiger partial charge < -0.3 is 9.80 Å². The molecule has 1 atom stereocenters. The molecule has 2 aromatic carbocycles. The molecule has 2 aliphatic heterocycles. The lowest BCUT2D eigenvalue weighted by Crippen LogP contribution is -2.58. The van der Waals surface area contributed by atoms with Crippen molar-refractivity contribution in [3.05, 3.63) is 99.3 Å². The minimum atomic E-state index is -0.945. The van der Waals surface area contributed by atoms with Gasteiger partial charge in [-0.05, 0) is 35.4 Å². The van der Waals surface area contributed by atoms with E-state index in [2.05, 4.69) is 4.98 Å². The Bertz CT molecular complexity index is 1170. The summed E-state index contributed by atoms with van der Waals surface area (Å²) in [5, 5.41) is 0.882. The number of aromatic nitrogens is 1. The van der Waals surface area contributed by atoms with E-state index in [9.17, 15) is 9.59 Å². The van der Waals surface area contributed by atoms with Crippen LogP contribution in [0.5, 0.6) is 0 Å². The van der Waals surface area contributed by atoms with Gasteiger partial charge in [0.05, 0.1) is 10.6 Å². The van der Waals surface area contributed by atoms with Crippen LogP contribution >= 0.6 is 23.2 Å². The molecule has 150 valence electrons. The molecule has 0 spiro atoms. The summed E-state index contributed by atoms with van der Waals surface area (Å²) < 4.78 is 0. The van der Waals surface area contributed by atoms with Gasteiger partial charge in [-0.2, -0.15) is 0 Å². The van der Waals surface area contributed by atoms with E-state index in [-0.39, 0.29) is 16.8 Å². The largest absolute Gasteiger partial charge is 0.309 e. The third kappa shape index (κ3) is 2.73. The van der Waals surface area contributed by atoms with Gasteiger partial charge >= 0.3 is 0 Å². The standard InChI is InChI=1S/C23H17Cl2N3O2/c24-17-7-5-16(6-8-17)23-13-15-3-1-2-4-18(15)21(29)27(23)11-12-28(23)22(30)19-9-10-26-14-20(19)25/h1-10,14H,11-13H2. The van der Waals surface area contributed by atoms with E-state index in [4.69, 9.17) is 23.2 Å². The van der Waals surface area contributed by atoms with Gasteiger partial charge in [0.2, 0.25) is 0 Å². The van der Waals surface area contributed by atoms with E-state index in [1.165, 1.54) is 6.20 Å². The van der Waals surface area contributed by atoms with Crippen molar-refractivity contribution in [2.75, 3.05) is 13.1 Å². The maximum atomic E-state index is 13.6. The van der Waals surface area contributed by atoms with E-state index < -0.39 is 5.66 Å². The molecule has 30 heavy (non-hydrogen) atoms. The highest BCUT2D eigenvalue weighted by molar-refractivity contribution is 6.33. The lowest BCUT2D eigenvalue weighted by molar-refractivity contribution is 0.00774. The molecule has 1 aromatic heterocycles. The molecule has 1 saturated heterocycles. The minimum Gasteiger partial charge on any atom is -0.309 e. The second kappa shape index (κ2) is 7.11. The summed E-state index contributed by atoms with van der Waals surface area (Å²) in [5.74, 6) is -0.310. The Labute approximate surface area is 183 Å². The van der Waals surface area contributed by atoms with Crippen LogP contribution in [0.1, 0.15) is 31.8 Å². The highest BCUT2D eigenvalue weighted by Crippen LogP contribution is 2.45. The number of carbonyl (C=O) groups is 2. The van der Waals surface area contributed by atoms with Crippen molar-refractivity contribution in [1.29, 1.82) is 0 Å². The summed E-state index contributed by atoms with van der Waals surface area (Å²) in [7, 11) is 0. The van der Waals surface area contributed by atoms with Crippen LogP contribution in [0.3, 0.4) is 0 Å². The zero-order chi connectivity index (χ0) is 20.9. The number of carbonyl (C=O) groups excluding carboxylic acids is 2. The predicted octanol–water partition coefficient (Wildman–Crippen LogP) is 4.40. The third-order valence-corrected chi connectivity index (χ3v) is 6.48. The second-order valence-electron chi connectivity index (χ2n) is 7.43. The smallest absolute Gasteiger partial charge is 0.257 e. The van der Waals surface area contributed by atoms with Crippen LogP contribution in [0, 0.1) is 0 Å². The Hall–Kier alpha value is -2.89. The molecule has 3 heterocycles. The molecule has 5 rings (SSSR count). The lowest BCUT2D eigenvalue weighted by Gasteiger charge is -2.47. The predicted molar refractivity (Wildman–Crippen MR) is 115 cm³/mol. The molecule has 5 nitrogen and oxygen atoms in total. The maximum Gasteiger partial charge on any atom is 0.257 e. The van der Waals surface area contributed by atoms with Crippen molar-refractivity contribution in [3.8, 4) is 0 Å². The summed E-state index contributed by atoms with van der Waals surface area (Å²) in [6.45, 7) is 0.837. The summed E-state index contributed by atoms with van der Waals surface area (Å²) >= 11 is 12.4. The molecule has 3 aromatic rings. The fraction of sp³-hybridized carbons (Fsp3) is 0.174. The van der Waals surface area contributed by atoms with Gasteiger partial charge in [0.1, 0.15) is 5.66 Å². The number of rotatable bonds is 2. The number of halogens is 2. The Kier molecular flexibility index (Phi) is 4.53. The molecule has 0 N–H and O–H groups in total. The number of fused-ring (bicyclic) bond motifs is 2. The van der Waals surface area contributed by atoms with Crippen LogP contribution in [0.25, 0.3) is 0 Å². The van der Waals surface area contributed by atoms with Gasteiger partial charge in [0, 0.05) is 42.5 Å². The molecule has 0 bridgehead atoms. The number of hydrogen-bond donors (Lipinski definition) is 0. The first kappa shape index (κ1) is 19.1. The molecule has 0 saturated carbocycles. The highest BCUT2D eigenvalue weighted by Gasteiger charge is 2.55. The average Bonchev–Trinajstić information content (AvgIpc) is 3.15. The molecule has 0 radical (unpaired) electrons. The Balaban J connectivity index is 1.71. The van der Waals surface area contributed by atoms with Gasteiger partial charge in [-0.1, -0.05) is 53.5 Å². The number of pyridine rings is 1. The first-order chi connectivity index (χ1) is 14.5. The Morgan fingerprint density at radius 3 is 2.53 bits per heavy atom. The molecule has 2 amide bonds. The number of benzene rings is 2. The maximum absolute atomic E-state index is 13.6. The van der Waals surface area contributed by atoms with Crippen molar-refractivity contribution in [2.45, 2.75) is 12.1 Å². The molecule has 1 fully saturated rings. The van der Waals surface area contributed by atoms with E-state index in [0.29, 0.717) is 35.7 Å². The number of hydrogen-bond acceptors (Lipinski definition) is 3. The Morgan fingerprint density at radius 1 is 1.00 bits per heavy atom. The van der Waals surface area contributed by atoms with Gasteiger partial charge in [-0.15, -0.1) is 0 Å². The average molecular weight is 438 g/mol. The van der Waals surface area contributed by atoms with Crippen molar-refractivity contribution in [1.82, 2.24) is 14.8 Å². The highest BCUT2D eigenvalue weighted by atomic mass is 35.5. The zero-order valence-corrected chi connectivity index (χ0v) is 17.4. The van der Waals surface area contributed by atoms with Crippen LogP contribution < -0.4 is 0 Å². The summed E-state index contributed by atoms with van der Waals surface area (Å²) in [6.07, 6.45) is 3.49. The van der Waals surface area contributed by atoms with Crippen LogP contribution in [0.2, 0.25) is 10.0 Å². The van der Waals surface area contributed by atoms with Crippen LogP contribution in [-0.4, -0.2) is 39.7 Å². The second-order valence-corrected chi connectivity index (χ2v) is 8.27. The van der Waals surface area contributed by atoms with Crippen molar-refractivity contribution >= 4 is 35.0 Å². The topological polar surface area (TPSA) is 53.5 Å². The normalized spacial score (nSPS) is 20.1. The van der Waals surface area contributed by atoms with E-state index in [0.717, 1.165) is 11.1 Å². The van der Waals surface area contributed by atoms with Gasteiger partial charge in [0.25, 0.3) is 11.8 Å². The first-order valence-electron chi connectivity index (χ1n) is 9.60. The number of nitrogens with zero attached hydrogens (tertiary/aromatic N) is 3. The van der Waals surface area contributed by atoms with Crippen LogP contribution in [0.15, 0.2) is 67.0 Å². The van der Waals surface area contributed by atoms with Crippen LogP contribution in [0.4, 0.5) is 0 Å². The first-order valence-corrected chi connectivity index (χ1v) is 10.4. The molecule has 0 aliphatic carbocycles. The summed E-state index contributed by atoms with van der Waals surface area (Å²) in [5.41, 5.74) is 1.85. The lowest BCUT2D eigenvalue weighted by atomic mass is 9.83. The van der Waals surface area contributed by atoms with Crippen LogP contribution in [-0.2, 0) is 12.1 Å². The van der Waals surface area contributed by atoms with Gasteiger partial charge in [-0.3, -0.25) is 14.6 Å². The van der Waals surface area contributed by atoms with E-state index in [1.807, 2.05) is 36.4 Å². The molecule has 2 aliphatic rings. The monoisotopic (exact) mass is 437 g/mol. The molecular weight excluding hydrogens is 421 g/mol. The van der Waals surface area contributed by atoms with Gasteiger partial charge in [-0.25, -0.2) is 0 Å². The van der Waals surface area contributed by atoms with E-state index >= 15 is 0 Å². The minimum absolute atomic E-state index is 0.0806. The Morgan fingerprint density at radius 2 is 1.77 bits per heavy atom. The SMILES string of the molecule is O=C(c1ccncc1Cl)N1CCN2C(=O)c3ccccc3CC12c1ccc(Cl)cc1. The molecule has 1 unspecified atom stereocenters. The summed E-state index contributed by atoms with van der Waals surface area (Å²) in [6, 6.07) is 16.5. The van der Waals surface area contributed by atoms with Gasteiger partial charge in [0.15, 0.2) is 0 Å². The van der Waals surface area contributed by atoms with E-state index in [1.54, 1.807) is 34.2 Å². The van der Waals surface area contributed by atoms with Crippen molar-refractivity contribution in [3.63, 3.8) is 0 Å². The molecular formula is C23H17Cl2N3O2. The van der Waals surface area contributed by atoms with Crippen molar-refractivity contribution < 1.29 is 9.59 Å².